The van der Waals surface area contributed by atoms with Crippen LogP contribution in [0.1, 0.15) is 0 Å². The largest absolute Gasteiger partial charge is 0.508 e. The van der Waals surface area contributed by atoms with Crippen LogP contribution < -0.4 is 9.47 Å². The van der Waals surface area contributed by atoms with Crippen molar-refractivity contribution in [1.82, 2.24) is 0 Å². The van der Waals surface area contributed by atoms with E-state index in [0.29, 0.717) is 11.5 Å². The standard InChI is InChI=1S/2C12H16O7.2H2O/c2*13-5-8-9(15)10(16)11(17)12(19-8)18-7-3-1-6(14)2-4-7;;/h2*1-4,8-17H,5H2;2*1H2/t2*8-,9-,10+,11-,12-;;/m11../s1. The Morgan fingerprint density at radius 1 is 0.500 bits per heavy atom. The molecule has 0 bridgehead atoms. The van der Waals surface area contributed by atoms with Crippen molar-refractivity contribution in [3.8, 4) is 23.0 Å². The second kappa shape index (κ2) is 15.8. The summed E-state index contributed by atoms with van der Waals surface area (Å²) in [7, 11) is 0. The molecule has 2 aliphatic rings. The molecule has 2 aliphatic heterocycles. The van der Waals surface area contributed by atoms with Crippen LogP contribution in [0.3, 0.4) is 0 Å². The Kier molecular flexibility index (Phi) is 13.9. The van der Waals surface area contributed by atoms with Crippen molar-refractivity contribution in [1.29, 1.82) is 0 Å². The number of ether oxygens (including phenoxy) is 4. The van der Waals surface area contributed by atoms with Gasteiger partial charge in [-0.2, -0.15) is 0 Å². The lowest BCUT2D eigenvalue weighted by molar-refractivity contribution is -0.277. The number of aliphatic hydroxyl groups is 8. The summed E-state index contributed by atoms with van der Waals surface area (Å²) in [6.45, 7) is -1.03. The first-order chi connectivity index (χ1) is 18.0. The molecule has 14 N–H and O–H groups in total. The van der Waals surface area contributed by atoms with Gasteiger partial charge in [0, 0.05) is 0 Å². The Labute approximate surface area is 227 Å². The van der Waals surface area contributed by atoms with Crippen LogP contribution >= 0.6 is 0 Å². The summed E-state index contributed by atoms with van der Waals surface area (Å²) in [4.78, 5) is 0. The first-order valence-electron chi connectivity index (χ1n) is 11.6. The maximum absolute atomic E-state index is 9.75. The smallest absolute Gasteiger partial charge is 0.229 e. The summed E-state index contributed by atoms with van der Waals surface area (Å²) in [6.07, 6.45) is -13.2. The minimum atomic E-state index is -1.48. The minimum Gasteiger partial charge on any atom is -0.508 e. The van der Waals surface area contributed by atoms with Gasteiger partial charge in [0.25, 0.3) is 0 Å². The quantitative estimate of drug-likeness (QED) is 0.154. The van der Waals surface area contributed by atoms with E-state index >= 15 is 0 Å². The molecule has 40 heavy (non-hydrogen) atoms. The number of phenols is 2. The highest BCUT2D eigenvalue weighted by molar-refractivity contribution is 5.31. The van der Waals surface area contributed by atoms with Gasteiger partial charge >= 0.3 is 0 Å². The van der Waals surface area contributed by atoms with E-state index in [1.807, 2.05) is 0 Å². The zero-order valence-corrected chi connectivity index (χ0v) is 20.9. The van der Waals surface area contributed by atoms with Gasteiger partial charge in [0.1, 0.15) is 71.8 Å². The highest BCUT2D eigenvalue weighted by atomic mass is 16.7. The molecule has 0 aliphatic carbocycles. The summed E-state index contributed by atoms with van der Waals surface area (Å²) >= 11 is 0. The fourth-order valence-electron chi connectivity index (χ4n) is 3.65. The molecule has 2 aromatic rings. The third kappa shape index (κ3) is 8.58. The van der Waals surface area contributed by atoms with Gasteiger partial charge in [-0.1, -0.05) is 0 Å². The van der Waals surface area contributed by atoms with Gasteiger partial charge in [0.05, 0.1) is 13.2 Å². The average molecular weight is 581 g/mol. The van der Waals surface area contributed by atoms with E-state index in [-0.39, 0.29) is 22.5 Å². The number of hydrogen-bond donors (Lipinski definition) is 10. The maximum atomic E-state index is 9.75. The number of benzene rings is 2. The second-order valence-corrected chi connectivity index (χ2v) is 8.62. The fraction of sp³-hybridized carbons (Fsp3) is 0.500. The van der Waals surface area contributed by atoms with Gasteiger partial charge in [-0.25, -0.2) is 0 Å². The third-order valence-corrected chi connectivity index (χ3v) is 5.87. The maximum Gasteiger partial charge on any atom is 0.229 e. The Bertz CT molecular complexity index is 892. The normalized spacial score (nSPS) is 33.3. The molecule has 0 unspecified atom stereocenters. The van der Waals surface area contributed by atoms with E-state index in [0.717, 1.165) is 0 Å². The molecular weight excluding hydrogens is 544 g/mol. The molecule has 10 atom stereocenters. The average Bonchev–Trinajstić information content (AvgIpc) is 2.92. The molecule has 16 heteroatoms. The number of phenolic OH excluding ortho intramolecular Hbond substituents is 2. The van der Waals surface area contributed by atoms with E-state index in [1.54, 1.807) is 0 Å². The van der Waals surface area contributed by atoms with Crippen molar-refractivity contribution in [3.05, 3.63) is 48.5 Å². The molecular formula is C24H36O16. The van der Waals surface area contributed by atoms with E-state index in [2.05, 4.69) is 0 Å². The van der Waals surface area contributed by atoms with Crippen molar-refractivity contribution < 1.29 is 81.0 Å². The highest BCUT2D eigenvalue weighted by Crippen LogP contribution is 2.26. The monoisotopic (exact) mass is 580 g/mol. The molecule has 2 fully saturated rings. The molecule has 4 rings (SSSR count). The fourth-order valence-corrected chi connectivity index (χ4v) is 3.65. The zero-order valence-electron chi connectivity index (χ0n) is 20.9. The zero-order chi connectivity index (χ0) is 28.0. The summed E-state index contributed by atoms with van der Waals surface area (Å²) < 4.78 is 21.0. The number of aromatic hydroxyl groups is 2. The lowest BCUT2D eigenvalue weighted by Crippen LogP contribution is -2.60. The minimum absolute atomic E-state index is 0. The van der Waals surface area contributed by atoms with Crippen LogP contribution in [0, 0.1) is 0 Å². The van der Waals surface area contributed by atoms with Crippen LogP contribution in [0.5, 0.6) is 23.0 Å². The molecule has 228 valence electrons. The molecule has 16 nitrogen and oxygen atoms in total. The molecule has 2 saturated heterocycles. The second-order valence-electron chi connectivity index (χ2n) is 8.62. The molecule has 0 radical (unpaired) electrons. The van der Waals surface area contributed by atoms with Crippen LogP contribution in [0.25, 0.3) is 0 Å². The Morgan fingerprint density at radius 2 is 0.800 bits per heavy atom. The number of rotatable bonds is 6. The summed E-state index contributed by atoms with van der Waals surface area (Å²) in [6, 6.07) is 11.4. The van der Waals surface area contributed by atoms with E-state index in [9.17, 15) is 30.6 Å². The van der Waals surface area contributed by atoms with E-state index in [4.69, 9.17) is 39.4 Å². The number of hydrogen-bond acceptors (Lipinski definition) is 14. The van der Waals surface area contributed by atoms with Gasteiger partial charge < -0.3 is 81.0 Å². The van der Waals surface area contributed by atoms with Crippen molar-refractivity contribution in [2.24, 2.45) is 0 Å². The molecule has 0 aromatic heterocycles. The first kappa shape index (κ1) is 35.2. The summed E-state index contributed by atoms with van der Waals surface area (Å²) in [5.74, 6) is 0.728. The SMILES string of the molecule is O.O.OC[C@H]1O[C@@H](Oc2ccc(O)cc2)[C@H](O)[C@@H](O)[C@@H]1O.OC[C@H]1O[C@@H](Oc2ccc(O)cc2)[C@H](O)[C@@H](O)[C@@H]1O. The Balaban J connectivity index is 0.000000381. The molecule has 0 amide bonds. The predicted octanol–water partition coefficient (Wildman–Crippen LogP) is -4.51. The van der Waals surface area contributed by atoms with Crippen LogP contribution in [0.15, 0.2) is 48.5 Å². The van der Waals surface area contributed by atoms with Gasteiger partial charge in [0.2, 0.25) is 12.6 Å². The molecule has 2 heterocycles. The lowest BCUT2D eigenvalue weighted by Gasteiger charge is -2.39. The van der Waals surface area contributed by atoms with Gasteiger partial charge in [-0.05, 0) is 48.5 Å². The molecule has 2 aromatic carbocycles. The van der Waals surface area contributed by atoms with Crippen molar-refractivity contribution in [3.63, 3.8) is 0 Å². The highest BCUT2D eigenvalue weighted by Gasteiger charge is 2.45. The molecule has 0 spiro atoms. The topological polar surface area (TPSA) is 302 Å². The summed E-state index contributed by atoms with van der Waals surface area (Å²) in [5, 5.41) is 94.1. The van der Waals surface area contributed by atoms with Crippen molar-refractivity contribution >= 4 is 0 Å². The van der Waals surface area contributed by atoms with Gasteiger partial charge in [-0.3, -0.25) is 0 Å². The molecule has 0 saturated carbocycles. The van der Waals surface area contributed by atoms with Crippen molar-refractivity contribution in [2.45, 2.75) is 61.4 Å². The Morgan fingerprint density at radius 3 is 1.07 bits per heavy atom. The van der Waals surface area contributed by atoms with Gasteiger partial charge in [0.15, 0.2) is 0 Å². The van der Waals surface area contributed by atoms with Crippen LogP contribution in [-0.2, 0) is 9.47 Å². The van der Waals surface area contributed by atoms with Gasteiger partial charge in [-0.15, -0.1) is 0 Å². The van der Waals surface area contributed by atoms with Crippen LogP contribution in [0.2, 0.25) is 0 Å². The lowest BCUT2D eigenvalue weighted by atomic mass is 9.99. The number of aliphatic hydroxyl groups excluding tert-OH is 8. The van der Waals surface area contributed by atoms with E-state index in [1.165, 1.54) is 48.5 Å². The summed E-state index contributed by atoms with van der Waals surface area (Å²) in [5.41, 5.74) is 0. The van der Waals surface area contributed by atoms with Crippen molar-refractivity contribution in [2.75, 3.05) is 13.2 Å². The first-order valence-corrected chi connectivity index (χ1v) is 11.6. The van der Waals surface area contributed by atoms with Crippen LogP contribution in [0.4, 0.5) is 0 Å². The van der Waals surface area contributed by atoms with Crippen LogP contribution in [-0.4, -0.2) is 137 Å². The van der Waals surface area contributed by atoms with E-state index < -0.39 is 74.6 Å². The Hall–Kier alpha value is -2.84. The third-order valence-electron chi connectivity index (χ3n) is 5.87. The predicted molar refractivity (Wildman–Crippen MR) is 132 cm³/mol.